The highest BCUT2D eigenvalue weighted by molar-refractivity contribution is 7.99. The van der Waals surface area contributed by atoms with E-state index in [1.54, 1.807) is 12.1 Å². The van der Waals surface area contributed by atoms with Crippen molar-refractivity contribution in [3.63, 3.8) is 0 Å². The number of amidine groups is 1. The Balaban J connectivity index is 1.53. The van der Waals surface area contributed by atoms with E-state index < -0.39 is 5.82 Å². The van der Waals surface area contributed by atoms with Crippen molar-refractivity contribution in [3.05, 3.63) is 80.2 Å². The third-order valence-electron chi connectivity index (χ3n) is 6.00. The van der Waals surface area contributed by atoms with Crippen LogP contribution in [0, 0.1) is 12.7 Å². The average Bonchev–Trinajstić information content (AvgIpc) is 2.84. The third kappa shape index (κ3) is 4.93. The molecule has 0 bridgehead atoms. The molecule has 3 aromatic rings. The van der Waals surface area contributed by atoms with Gasteiger partial charge in [0.1, 0.15) is 5.03 Å². The lowest BCUT2D eigenvalue weighted by molar-refractivity contribution is 0.0622. The van der Waals surface area contributed by atoms with Gasteiger partial charge < -0.3 is 0 Å². The fourth-order valence-electron chi connectivity index (χ4n) is 4.28. The van der Waals surface area contributed by atoms with E-state index in [1.807, 2.05) is 25.1 Å². The van der Waals surface area contributed by atoms with E-state index in [-0.39, 0.29) is 11.1 Å². The van der Waals surface area contributed by atoms with Gasteiger partial charge in [0.05, 0.1) is 33.8 Å². The van der Waals surface area contributed by atoms with Crippen molar-refractivity contribution in [1.29, 1.82) is 0 Å². The number of nitrogens with zero attached hydrogens (tertiary/aromatic N) is 3. The smallest absolute Gasteiger partial charge is 0.155 e. The summed E-state index contributed by atoms with van der Waals surface area (Å²) in [4.78, 5) is 11.1. The molecule has 2 heterocycles. The number of rotatable bonds is 5. The van der Waals surface area contributed by atoms with Crippen LogP contribution < -0.4 is 5.48 Å². The summed E-state index contributed by atoms with van der Waals surface area (Å²) in [6, 6.07) is 10.9. The van der Waals surface area contributed by atoms with Gasteiger partial charge in [0.2, 0.25) is 0 Å². The zero-order valence-corrected chi connectivity index (χ0v) is 20.9. The molecule has 1 aliphatic heterocycles. The Morgan fingerprint density at radius 2 is 1.97 bits per heavy atom. The van der Waals surface area contributed by atoms with Gasteiger partial charge in [-0.2, -0.15) is 5.10 Å². The normalized spacial score (nSPS) is 17.6. The number of aryl methyl sites for hydroxylation is 2. The monoisotopic (exact) mass is 516 g/mol. The molecule has 1 atom stereocenters. The Hall–Kier alpha value is -2.19. The van der Waals surface area contributed by atoms with Gasteiger partial charge in [-0.3, -0.25) is 9.83 Å². The Labute approximate surface area is 212 Å². The van der Waals surface area contributed by atoms with Gasteiger partial charge in [0.15, 0.2) is 11.7 Å². The number of aliphatic imine (C=N–C) groups is 1. The Morgan fingerprint density at radius 3 is 2.82 bits per heavy atom. The fourth-order valence-corrected chi connectivity index (χ4v) is 5.78. The molecular formula is C25H23Cl2FN4OS. The molecular weight excluding hydrogens is 494 g/mol. The van der Waals surface area contributed by atoms with E-state index in [0.717, 1.165) is 58.7 Å². The first-order valence-corrected chi connectivity index (χ1v) is 12.8. The van der Waals surface area contributed by atoms with E-state index in [2.05, 4.69) is 15.7 Å². The number of hydroxylamine groups is 1. The van der Waals surface area contributed by atoms with Crippen LogP contribution in [0.2, 0.25) is 10.0 Å². The van der Waals surface area contributed by atoms with Crippen LogP contribution in [0.25, 0.3) is 0 Å². The SMILES string of the molecule is Cc1ccc(CC2CONC(c3c(Sc4cccc(Cl)c4F)nnc4c3CCCC4)=N2)c(Cl)c1. The molecule has 34 heavy (non-hydrogen) atoms. The molecule has 176 valence electrons. The number of halogens is 3. The molecule has 2 aliphatic rings. The molecule has 0 amide bonds. The average molecular weight is 517 g/mol. The number of hydrogen-bond donors (Lipinski definition) is 1. The summed E-state index contributed by atoms with van der Waals surface area (Å²) in [7, 11) is 0. The second-order valence-electron chi connectivity index (χ2n) is 8.51. The molecule has 0 saturated heterocycles. The van der Waals surface area contributed by atoms with Crippen LogP contribution in [0.1, 0.15) is 40.8 Å². The van der Waals surface area contributed by atoms with E-state index >= 15 is 0 Å². The summed E-state index contributed by atoms with van der Waals surface area (Å²) < 4.78 is 14.7. The lowest BCUT2D eigenvalue weighted by atomic mass is 9.92. The van der Waals surface area contributed by atoms with Crippen LogP contribution in [0.15, 0.2) is 51.3 Å². The summed E-state index contributed by atoms with van der Waals surface area (Å²) in [6.07, 6.45) is 4.50. The predicted octanol–water partition coefficient (Wildman–Crippen LogP) is 6.15. The van der Waals surface area contributed by atoms with Crippen LogP contribution in [-0.2, 0) is 24.1 Å². The quantitative estimate of drug-likeness (QED) is 0.440. The Morgan fingerprint density at radius 1 is 1.12 bits per heavy atom. The molecule has 5 nitrogen and oxygen atoms in total. The largest absolute Gasteiger partial charge is 0.272 e. The minimum absolute atomic E-state index is 0.0731. The number of nitrogens with one attached hydrogen (secondary N) is 1. The van der Waals surface area contributed by atoms with Crippen molar-refractivity contribution >= 4 is 40.8 Å². The molecule has 1 N–H and O–H groups in total. The van der Waals surface area contributed by atoms with Crippen molar-refractivity contribution in [2.45, 2.75) is 55.0 Å². The minimum Gasteiger partial charge on any atom is -0.272 e. The van der Waals surface area contributed by atoms with Gasteiger partial charge in [-0.1, -0.05) is 53.2 Å². The molecule has 1 aromatic heterocycles. The maximum atomic E-state index is 14.7. The molecule has 9 heteroatoms. The molecule has 2 aromatic carbocycles. The highest BCUT2D eigenvalue weighted by atomic mass is 35.5. The topological polar surface area (TPSA) is 59.4 Å². The third-order valence-corrected chi connectivity index (χ3v) is 7.65. The number of aromatic nitrogens is 2. The standard InChI is InChI=1S/C25H23Cl2FN4OS/c1-14-9-10-15(19(27)11-14)12-16-13-33-32-24(29-16)22-17-5-2-3-7-20(17)30-31-25(22)34-21-8-4-6-18(26)23(21)28/h4,6,8-11,16H,2-3,5,7,12-13H2,1H3,(H,29,32). The first-order valence-electron chi connectivity index (χ1n) is 11.2. The summed E-state index contributed by atoms with van der Waals surface area (Å²) >= 11 is 13.7. The van der Waals surface area contributed by atoms with Gasteiger partial charge in [-0.05, 0) is 73.9 Å². The maximum absolute atomic E-state index is 14.7. The van der Waals surface area contributed by atoms with Crippen LogP contribution in [0.3, 0.4) is 0 Å². The van der Waals surface area contributed by atoms with Crippen LogP contribution in [0.4, 0.5) is 4.39 Å². The molecule has 0 spiro atoms. The van der Waals surface area contributed by atoms with Crippen molar-refractivity contribution in [1.82, 2.24) is 15.7 Å². The number of hydrogen-bond acceptors (Lipinski definition) is 6. The lowest BCUT2D eigenvalue weighted by Gasteiger charge is -2.26. The highest BCUT2D eigenvalue weighted by Crippen LogP contribution is 2.36. The molecule has 1 aliphatic carbocycles. The zero-order chi connectivity index (χ0) is 23.7. The summed E-state index contributed by atoms with van der Waals surface area (Å²) in [5, 5.41) is 10.3. The van der Waals surface area contributed by atoms with Crippen LogP contribution in [0.5, 0.6) is 0 Å². The molecule has 0 saturated carbocycles. The fraction of sp³-hybridized carbons (Fsp3) is 0.320. The molecule has 1 unspecified atom stereocenters. The summed E-state index contributed by atoms with van der Waals surface area (Å²) in [5.74, 6) is 0.124. The van der Waals surface area contributed by atoms with Gasteiger partial charge in [0.25, 0.3) is 0 Å². The number of benzene rings is 2. The van der Waals surface area contributed by atoms with E-state index in [1.165, 1.54) is 17.8 Å². The first kappa shape index (κ1) is 23.5. The van der Waals surface area contributed by atoms with Crippen LogP contribution >= 0.6 is 35.0 Å². The maximum Gasteiger partial charge on any atom is 0.155 e. The van der Waals surface area contributed by atoms with Gasteiger partial charge in [0, 0.05) is 5.02 Å². The summed E-state index contributed by atoms with van der Waals surface area (Å²) in [5.41, 5.74) is 8.02. The Kier molecular flexibility index (Phi) is 7.06. The van der Waals surface area contributed by atoms with Crippen molar-refractivity contribution in [2.75, 3.05) is 6.61 Å². The van der Waals surface area contributed by atoms with E-state index in [0.29, 0.717) is 28.8 Å². The van der Waals surface area contributed by atoms with Crippen molar-refractivity contribution < 1.29 is 9.23 Å². The zero-order valence-electron chi connectivity index (χ0n) is 18.6. The Bertz CT molecular complexity index is 1270. The minimum atomic E-state index is -0.471. The number of fused-ring (bicyclic) bond motifs is 1. The van der Waals surface area contributed by atoms with Gasteiger partial charge in [-0.15, -0.1) is 5.10 Å². The van der Waals surface area contributed by atoms with E-state index in [4.69, 9.17) is 33.0 Å². The second kappa shape index (κ2) is 10.2. The van der Waals surface area contributed by atoms with E-state index in [9.17, 15) is 4.39 Å². The second-order valence-corrected chi connectivity index (χ2v) is 10.4. The molecule has 5 rings (SSSR count). The molecule has 0 radical (unpaired) electrons. The predicted molar refractivity (Wildman–Crippen MR) is 134 cm³/mol. The highest BCUT2D eigenvalue weighted by Gasteiger charge is 2.27. The first-order chi connectivity index (χ1) is 16.5. The molecule has 0 fully saturated rings. The van der Waals surface area contributed by atoms with Crippen LogP contribution in [-0.4, -0.2) is 28.7 Å². The van der Waals surface area contributed by atoms with Gasteiger partial charge in [-0.25, -0.2) is 9.87 Å². The van der Waals surface area contributed by atoms with Crippen molar-refractivity contribution in [2.24, 2.45) is 4.99 Å². The lowest BCUT2D eigenvalue weighted by Crippen LogP contribution is -2.38. The van der Waals surface area contributed by atoms with Crippen molar-refractivity contribution in [3.8, 4) is 0 Å². The summed E-state index contributed by atoms with van der Waals surface area (Å²) in [6.45, 7) is 2.43. The van der Waals surface area contributed by atoms with Gasteiger partial charge >= 0.3 is 0 Å².